The monoisotopic (exact) mass is 433 g/mol. The Morgan fingerprint density at radius 1 is 0.483 bits per heavy atom. The van der Waals surface area contributed by atoms with Crippen LogP contribution in [0.4, 0.5) is 43.9 Å². The number of hydrogen-bond donors (Lipinski definition) is 0. The summed E-state index contributed by atoms with van der Waals surface area (Å²) in [5.74, 6) is -22.2. The summed E-state index contributed by atoms with van der Waals surface area (Å²) in [4.78, 5) is 0.820. The van der Waals surface area contributed by atoms with E-state index in [9.17, 15) is 43.9 Å². The molecule has 11 heteroatoms. The molecule has 0 unspecified atom stereocenters. The van der Waals surface area contributed by atoms with Gasteiger partial charge in [-0.3, -0.25) is 4.90 Å². The molecular weight excluding hydrogens is 420 g/mol. The third-order valence-corrected chi connectivity index (χ3v) is 4.19. The van der Waals surface area contributed by atoms with Crippen LogP contribution in [-0.4, -0.2) is 11.4 Å². The van der Waals surface area contributed by atoms with Crippen LogP contribution in [0, 0.1) is 58.2 Å². The quantitative estimate of drug-likeness (QED) is 0.300. The summed E-state index contributed by atoms with van der Waals surface area (Å²) in [5.41, 5.74) is -2.58. The molecule has 2 rings (SSSR count). The molecule has 0 amide bonds. The first-order chi connectivity index (χ1) is 13.5. The third kappa shape index (κ3) is 4.34. The van der Waals surface area contributed by atoms with Crippen molar-refractivity contribution in [3.05, 3.63) is 69.3 Å². The van der Waals surface area contributed by atoms with Gasteiger partial charge in [-0.2, -0.15) is 0 Å². The van der Waals surface area contributed by atoms with Gasteiger partial charge in [-0.15, -0.1) is 0 Å². The highest BCUT2D eigenvalue weighted by Crippen LogP contribution is 2.27. The second-order valence-electron chi connectivity index (χ2n) is 6.16. The zero-order valence-corrected chi connectivity index (χ0v) is 14.8. The lowest BCUT2D eigenvalue weighted by atomic mass is 10.1. The Kier molecular flexibility index (Phi) is 7.15. The first-order valence-corrected chi connectivity index (χ1v) is 8.25. The van der Waals surface area contributed by atoms with E-state index in [1.54, 1.807) is 6.92 Å². The summed E-state index contributed by atoms with van der Waals surface area (Å²) in [5, 5.41) is 0. The van der Waals surface area contributed by atoms with Crippen molar-refractivity contribution in [2.45, 2.75) is 32.9 Å². The fourth-order valence-corrected chi connectivity index (χ4v) is 2.62. The molecule has 0 radical (unpaired) electrons. The van der Waals surface area contributed by atoms with Gasteiger partial charge in [-0.1, -0.05) is 13.3 Å². The van der Waals surface area contributed by atoms with Gasteiger partial charge in [0.05, 0.1) is 0 Å². The summed E-state index contributed by atoms with van der Waals surface area (Å²) in [6.45, 7) is -0.568. The highest BCUT2D eigenvalue weighted by molar-refractivity contribution is 5.26. The Bertz CT molecular complexity index is 798. The van der Waals surface area contributed by atoms with Gasteiger partial charge < -0.3 is 0 Å². The Balaban J connectivity index is 2.49. The number of hydrogen-bond acceptors (Lipinski definition) is 1. The molecule has 0 N–H and O–H groups in total. The van der Waals surface area contributed by atoms with Crippen LogP contribution >= 0.6 is 0 Å². The zero-order valence-electron chi connectivity index (χ0n) is 14.8. The molecule has 160 valence electrons. The molecule has 0 fully saturated rings. The molecule has 0 spiro atoms. The second-order valence-corrected chi connectivity index (χ2v) is 6.16. The van der Waals surface area contributed by atoms with Crippen LogP contribution in [0.3, 0.4) is 0 Å². The van der Waals surface area contributed by atoms with Crippen LogP contribution < -0.4 is 0 Å². The van der Waals surface area contributed by atoms with E-state index < -0.39 is 82.4 Å². The van der Waals surface area contributed by atoms with Crippen molar-refractivity contribution >= 4 is 0 Å². The topological polar surface area (TPSA) is 3.24 Å². The first kappa shape index (κ1) is 23.0. The molecule has 1 nitrogen and oxygen atoms in total. The molecule has 0 atom stereocenters. The normalized spacial score (nSPS) is 11.6. The predicted octanol–water partition coefficient (Wildman–Crippen LogP) is 5.88. The summed E-state index contributed by atoms with van der Waals surface area (Å²) in [6, 6.07) is 0. The van der Waals surface area contributed by atoms with Crippen molar-refractivity contribution < 1.29 is 43.9 Å². The number of nitrogens with zero attached hydrogens (tertiary/aromatic N) is 1. The van der Waals surface area contributed by atoms with E-state index >= 15 is 0 Å². The molecule has 0 aromatic heterocycles. The number of benzene rings is 2. The van der Waals surface area contributed by atoms with Crippen LogP contribution in [0.2, 0.25) is 0 Å². The largest absolute Gasteiger partial charge is 0.294 e. The lowest BCUT2D eigenvalue weighted by molar-refractivity contribution is 0.229. The molecule has 0 bridgehead atoms. The minimum absolute atomic E-state index is 0.185. The maximum absolute atomic E-state index is 13.9. The van der Waals surface area contributed by atoms with Gasteiger partial charge >= 0.3 is 0 Å². The maximum atomic E-state index is 13.9. The van der Waals surface area contributed by atoms with Crippen LogP contribution in [-0.2, 0) is 13.1 Å². The fraction of sp³-hybridized carbons (Fsp3) is 0.333. The van der Waals surface area contributed by atoms with Crippen LogP contribution in [0.1, 0.15) is 30.9 Å². The predicted molar refractivity (Wildman–Crippen MR) is 81.5 cm³/mol. The summed E-state index contributed by atoms with van der Waals surface area (Å²) >= 11 is 0. The van der Waals surface area contributed by atoms with Gasteiger partial charge in [-0.25, -0.2) is 43.9 Å². The standard InChI is InChI=1S/C18H13F10N/c1-2-3-4-29(5-7-9(19)13(23)17(27)14(24)10(7)20)6-8-11(21)15(25)18(28)16(26)12(8)22/h2-6H2,1H3. The average molecular weight is 433 g/mol. The van der Waals surface area contributed by atoms with E-state index in [0.717, 1.165) is 4.90 Å². The molecule has 0 saturated heterocycles. The lowest BCUT2D eigenvalue weighted by Gasteiger charge is -2.24. The highest BCUT2D eigenvalue weighted by atomic mass is 19.2. The van der Waals surface area contributed by atoms with Crippen LogP contribution in [0.5, 0.6) is 0 Å². The van der Waals surface area contributed by atoms with E-state index in [1.807, 2.05) is 0 Å². The Morgan fingerprint density at radius 2 is 0.759 bits per heavy atom. The van der Waals surface area contributed by atoms with Crippen LogP contribution in [0.15, 0.2) is 0 Å². The lowest BCUT2D eigenvalue weighted by Crippen LogP contribution is -2.27. The molecule has 0 aliphatic carbocycles. The fourth-order valence-electron chi connectivity index (χ4n) is 2.62. The molecule has 2 aromatic carbocycles. The molecule has 0 aliphatic rings. The second kappa shape index (κ2) is 9.02. The van der Waals surface area contributed by atoms with E-state index in [-0.39, 0.29) is 13.0 Å². The van der Waals surface area contributed by atoms with E-state index in [1.165, 1.54) is 0 Å². The minimum atomic E-state index is -2.39. The van der Waals surface area contributed by atoms with Crippen molar-refractivity contribution in [1.29, 1.82) is 0 Å². The van der Waals surface area contributed by atoms with Crippen molar-refractivity contribution in [2.75, 3.05) is 6.54 Å². The average Bonchev–Trinajstić information content (AvgIpc) is 2.71. The highest BCUT2D eigenvalue weighted by Gasteiger charge is 2.29. The summed E-state index contributed by atoms with van der Waals surface area (Å²) in [7, 11) is 0. The van der Waals surface area contributed by atoms with Crippen LogP contribution in [0.25, 0.3) is 0 Å². The number of halogens is 10. The minimum Gasteiger partial charge on any atom is -0.294 e. The molecule has 29 heavy (non-hydrogen) atoms. The van der Waals surface area contributed by atoms with E-state index in [0.29, 0.717) is 6.42 Å². The maximum Gasteiger partial charge on any atom is 0.200 e. The van der Waals surface area contributed by atoms with Gasteiger partial charge in [0.2, 0.25) is 11.6 Å². The van der Waals surface area contributed by atoms with Gasteiger partial charge in [0.1, 0.15) is 0 Å². The van der Waals surface area contributed by atoms with Crippen molar-refractivity contribution in [2.24, 2.45) is 0 Å². The van der Waals surface area contributed by atoms with Gasteiger partial charge in [0.15, 0.2) is 46.5 Å². The number of rotatable bonds is 7. The van der Waals surface area contributed by atoms with Gasteiger partial charge in [0, 0.05) is 24.2 Å². The third-order valence-electron chi connectivity index (χ3n) is 4.19. The molecule has 0 aliphatic heterocycles. The Morgan fingerprint density at radius 3 is 1.03 bits per heavy atom. The first-order valence-electron chi connectivity index (χ1n) is 8.25. The Hall–Kier alpha value is -2.30. The molecular formula is C18H13F10N. The van der Waals surface area contributed by atoms with Crippen molar-refractivity contribution in [1.82, 2.24) is 4.90 Å². The van der Waals surface area contributed by atoms with Crippen molar-refractivity contribution in [3.8, 4) is 0 Å². The van der Waals surface area contributed by atoms with Gasteiger partial charge in [-0.05, 0) is 13.0 Å². The summed E-state index contributed by atoms with van der Waals surface area (Å²) < 4.78 is 135. The van der Waals surface area contributed by atoms with Crippen molar-refractivity contribution in [3.63, 3.8) is 0 Å². The summed E-state index contributed by atoms with van der Waals surface area (Å²) in [6.07, 6.45) is 0.690. The molecule has 0 saturated carbocycles. The Labute approximate surface area is 158 Å². The molecule has 0 heterocycles. The molecule has 2 aromatic rings. The van der Waals surface area contributed by atoms with E-state index in [2.05, 4.69) is 0 Å². The van der Waals surface area contributed by atoms with E-state index in [4.69, 9.17) is 0 Å². The van der Waals surface area contributed by atoms with Gasteiger partial charge in [0.25, 0.3) is 0 Å². The number of unbranched alkanes of at least 4 members (excludes halogenated alkanes) is 1. The SMILES string of the molecule is CCCCN(Cc1c(F)c(F)c(F)c(F)c1F)Cc1c(F)c(F)c(F)c(F)c1F. The zero-order chi connectivity index (χ0) is 22.0. The smallest absolute Gasteiger partial charge is 0.200 e.